The molecule has 3 N–H and O–H groups in total. The molecule has 132 valence electrons. The van der Waals surface area contributed by atoms with Crippen molar-refractivity contribution in [1.82, 2.24) is 15.6 Å². The van der Waals surface area contributed by atoms with E-state index < -0.39 is 6.10 Å². The molecule has 1 aromatic carbocycles. The highest BCUT2D eigenvalue weighted by atomic mass is 16.3. The molecule has 0 saturated carbocycles. The molecule has 0 radical (unpaired) electrons. The van der Waals surface area contributed by atoms with Gasteiger partial charge in [0.15, 0.2) is 0 Å². The molecule has 0 saturated heterocycles. The molecule has 1 aromatic heterocycles. The van der Waals surface area contributed by atoms with Crippen LogP contribution in [0.3, 0.4) is 0 Å². The van der Waals surface area contributed by atoms with E-state index in [9.17, 15) is 14.7 Å². The second kappa shape index (κ2) is 8.94. The van der Waals surface area contributed by atoms with Crippen LogP contribution in [-0.2, 0) is 6.42 Å². The monoisotopic (exact) mass is 341 g/mol. The number of rotatable bonds is 7. The SMILES string of the molecule is CNC(=O)c1cc(C(=O)NCCC(C)O)cc(Cc2ccccc2)n1. The number of nitrogens with one attached hydrogen (secondary N) is 2. The third-order valence-electron chi connectivity index (χ3n) is 3.68. The van der Waals surface area contributed by atoms with Crippen LogP contribution in [0.15, 0.2) is 42.5 Å². The van der Waals surface area contributed by atoms with Crippen LogP contribution in [0.5, 0.6) is 0 Å². The summed E-state index contributed by atoms with van der Waals surface area (Å²) in [6.45, 7) is 2.03. The third-order valence-corrected chi connectivity index (χ3v) is 3.68. The van der Waals surface area contributed by atoms with E-state index in [-0.39, 0.29) is 17.5 Å². The Balaban J connectivity index is 2.24. The molecule has 1 atom stereocenters. The van der Waals surface area contributed by atoms with E-state index in [0.29, 0.717) is 30.6 Å². The predicted molar refractivity (Wildman–Crippen MR) is 95.5 cm³/mol. The number of aliphatic hydroxyl groups is 1. The van der Waals surface area contributed by atoms with Gasteiger partial charge >= 0.3 is 0 Å². The van der Waals surface area contributed by atoms with Crippen molar-refractivity contribution < 1.29 is 14.7 Å². The fourth-order valence-electron chi connectivity index (χ4n) is 2.36. The zero-order chi connectivity index (χ0) is 18.2. The standard InChI is InChI=1S/C19H23N3O3/c1-13(23)8-9-21-18(24)15-11-16(10-14-6-4-3-5-7-14)22-17(12-15)19(25)20-2/h3-7,11-13,23H,8-10H2,1-2H3,(H,20,25)(H,21,24). The van der Waals surface area contributed by atoms with Crippen molar-refractivity contribution in [1.29, 1.82) is 0 Å². The maximum Gasteiger partial charge on any atom is 0.269 e. The number of hydrogen-bond donors (Lipinski definition) is 3. The van der Waals surface area contributed by atoms with Gasteiger partial charge in [-0.25, -0.2) is 4.98 Å². The Bertz CT molecular complexity index is 730. The highest BCUT2D eigenvalue weighted by Gasteiger charge is 2.14. The molecule has 25 heavy (non-hydrogen) atoms. The fourth-order valence-corrected chi connectivity index (χ4v) is 2.36. The lowest BCUT2D eigenvalue weighted by Gasteiger charge is -2.10. The Morgan fingerprint density at radius 3 is 2.52 bits per heavy atom. The van der Waals surface area contributed by atoms with Crippen molar-refractivity contribution in [2.24, 2.45) is 0 Å². The van der Waals surface area contributed by atoms with Gasteiger partial charge in [-0.05, 0) is 31.0 Å². The third kappa shape index (κ3) is 5.69. The normalized spacial score (nSPS) is 11.6. The van der Waals surface area contributed by atoms with Crippen LogP contribution < -0.4 is 10.6 Å². The number of benzene rings is 1. The average molecular weight is 341 g/mol. The lowest BCUT2D eigenvalue weighted by Crippen LogP contribution is -2.28. The summed E-state index contributed by atoms with van der Waals surface area (Å²) in [5, 5.41) is 14.6. The summed E-state index contributed by atoms with van der Waals surface area (Å²) in [5.74, 6) is -0.629. The molecule has 2 rings (SSSR count). The smallest absolute Gasteiger partial charge is 0.269 e. The van der Waals surface area contributed by atoms with Crippen molar-refractivity contribution in [3.05, 3.63) is 65.0 Å². The number of hydrogen-bond acceptors (Lipinski definition) is 4. The van der Waals surface area contributed by atoms with Gasteiger partial charge in [-0.3, -0.25) is 9.59 Å². The molecule has 0 aliphatic rings. The van der Waals surface area contributed by atoms with Crippen molar-refractivity contribution in [3.63, 3.8) is 0 Å². The second-order valence-corrected chi connectivity index (χ2v) is 5.87. The molecule has 0 spiro atoms. The molecule has 6 nitrogen and oxygen atoms in total. The summed E-state index contributed by atoms with van der Waals surface area (Å²) in [6.07, 6.45) is 0.517. The largest absolute Gasteiger partial charge is 0.393 e. The number of aliphatic hydroxyl groups excluding tert-OH is 1. The van der Waals surface area contributed by atoms with Crippen LogP contribution in [0.25, 0.3) is 0 Å². The van der Waals surface area contributed by atoms with Crippen LogP contribution in [0.1, 0.15) is 45.4 Å². The fraction of sp³-hybridized carbons (Fsp3) is 0.316. The number of carbonyl (C=O) groups is 2. The minimum Gasteiger partial charge on any atom is -0.393 e. The number of aromatic nitrogens is 1. The molecule has 2 aromatic rings. The average Bonchev–Trinajstić information content (AvgIpc) is 2.61. The van der Waals surface area contributed by atoms with Crippen molar-refractivity contribution >= 4 is 11.8 Å². The molecular weight excluding hydrogens is 318 g/mol. The first-order chi connectivity index (χ1) is 12.0. The minimum atomic E-state index is -0.479. The zero-order valence-electron chi connectivity index (χ0n) is 14.5. The van der Waals surface area contributed by atoms with E-state index in [1.54, 1.807) is 13.0 Å². The van der Waals surface area contributed by atoms with Crippen molar-refractivity contribution in [2.45, 2.75) is 25.9 Å². The Hall–Kier alpha value is -2.73. The number of carbonyl (C=O) groups excluding carboxylic acids is 2. The van der Waals surface area contributed by atoms with E-state index in [2.05, 4.69) is 15.6 Å². The summed E-state index contributed by atoms with van der Waals surface area (Å²) in [7, 11) is 1.52. The lowest BCUT2D eigenvalue weighted by molar-refractivity contribution is 0.0945. The Labute approximate surface area is 147 Å². The molecule has 1 unspecified atom stereocenters. The van der Waals surface area contributed by atoms with Gasteiger partial charge in [0.25, 0.3) is 11.8 Å². The van der Waals surface area contributed by atoms with E-state index >= 15 is 0 Å². The summed E-state index contributed by atoms with van der Waals surface area (Å²) >= 11 is 0. The zero-order valence-corrected chi connectivity index (χ0v) is 14.5. The summed E-state index contributed by atoms with van der Waals surface area (Å²) < 4.78 is 0. The molecule has 0 aliphatic carbocycles. The number of amides is 2. The van der Waals surface area contributed by atoms with E-state index in [1.807, 2.05) is 30.3 Å². The molecular formula is C19H23N3O3. The van der Waals surface area contributed by atoms with Crippen LogP contribution in [0, 0.1) is 0 Å². The van der Waals surface area contributed by atoms with Gasteiger partial charge in [0, 0.05) is 31.3 Å². The highest BCUT2D eigenvalue weighted by Crippen LogP contribution is 2.12. The van der Waals surface area contributed by atoms with Crippen LogP contribution in [-0.4, -0.2) is 41.6 Å². The van der Waals surface area contributed by atoms with Gasteiger partial charge < -0.3 is 15.7 Å². The Morgan fingerprint density at radius 1 is 1.16 bits per heavy atom. The van der Waals surface area contributed by atoms with Crippen LogP contribution >= 0.6 is 0 Å². The van der Waals surface area contributed by atoms with Gasteiger partial charge in [-0.1, -0.05) is 30.3 Å². The Kier molecular flexibility index (Phi) is 6.65. The topological polar surface area (TPSA) is 91.3 Å². The Morgan fingerprint density at radius 2 is 1.88 bits per heavy atom. The predicted octanol–water partition coefficient (Wildman–Crippen LogP) is 1.53. The van der Waals surface area contributed by atoms with Gasteiger partial charge in [0.1, 0.15) is 5.69 Å². The molecule has 0 aliphatic heterocycles. The van der Waals surface area contributed by atoms with Gasteiger partial charge in [-0.2, -0.15) is 0 Å². The summed E-state index contributed by atoms with van der Waals surface area (Å²) in [4.78, 5) is 28.7. The maximum absolute atomic E-state index is 12.3. The van der Waals surface area contributed by atoms with Crippen LogP contribution in [0.2, 0.25) is 0 Å². The first-order valence-corrected chi connectivity index (χ1v) is 8.23. The first kappa shape index (κ1) is 18.6. The number of pyridine rings is 1. The first-order valence-electron chi connectivity index (χ1n) is 8.23. The van der Waals surface area contributed by atoms with Gasteiger partial charge in [-0.15, -0.1) is 0 Å². The van der Waals surface area contributed by atoms with Crippen molar-refractivity contribution in [2.75, 3.05) is 13.6 Å². The van der Waals surface area contributed by atoms with E-state index in [0.717, 1.165) is 5.56 Å². The summed E-state index contributed by atoms with van der Waals surface area (Å²) in [5.41, 5.74) is 2.28. The minimum absolute atomic E-state index is 0.205. The maximum atomic E-state index is 12.3. The molecule has 1 heterocycles. The lowest BCUT2D eigenvalue weighted by atomic mass is 10.1. The second-order valence-electron chi connectivity index (χ2n) is 5.87. The summed E-state index contributed by atoms with van der Waals surface area (Å²) in [6, 6.07) is 12.9. The molecule has 2 amide bonds. The molecule has 6 heteroatoms. The van der Waals surface area contributed by atoms with Crippen LogP contribution in [0.4, 0.5) is 0 Å². The molecule has 0 bridgehead atoms. The van der Waals surface area contributed by atoms with Gasteiger partial charge in [0.2, 0.25) is 0 Å². The highest BCUT2D eigenvalue weighted by molar-refractivity contribution is 5.98. The quantitative estimate of drug-likeness (QED) is 0.712. The van der Waals surface area contributed by atoms with E-state index in [1.165, 1.54) is 13.1 Å². The number of nitrogens with zero attached hydrogens (tertiary/aromatic N) is 1. The van der Waals surface area contributed by atoms with Crippen molar-refractivity contribution in [3.8, 4) is 0 Å². The van der Waals surface area contributed by atoms with Gasteiger partial charge in [0.05, 0.1) is 6.10 Å². The van der Waals surface area contributed by atoms with E-state index in [4.69, 9.17) is 0 Å². The molecule has 0 fully saturated rings.